The summed E-state index contributed by atoms with van der Waals surface area (Å²) < 4.78 is 20.0. The predicted octanol–water partition coefficient (Wildman–Crippen LogP) is 5.75. The molecule has 1 aromatic heterocycles. The summed E-state index contributed by atoms with van der Waals surface area (Å²) in [4.78, 5) is 12.2. The minimum Gasteiger partial charge on any atom is -0.451 e. The van der Waals surface area contributed by atoms with Crippen LogP contribution in [-0.2, 0) is 0 Å². The molecule has 0 fully saturated rings. The Labute approximate surface area is 145 Å². The molecule has 1 N–H and O–H groups in total. The highest BCUT2D eigenvalue weighted by atomic mass is 79.9. The van der Waals surface area contributed by atoms with Crippen LogP contribution in [0.3, 0.4) is 0 Å². The molecule has 0 unspecified atom stereocenters. The molecule has 23 heavy (non-hydrogen) atoms. The number of furan rings is 1. The maximum atomic E-state index is 13.7. The fraction of sp³-hybridized carbons (Fsp3) is 0. The van der Waals surface area contributed by atoms with Gasteiger partial charge in [0, 0.05) is 4.47 Å². The summed E-state index contributed by atoms with van der Waals surface area (Å²) in [5.74, 6) is -0.515. The second-order valence-corrected chi connectivity index (χ2v) is 6.04. The zero-order chi connectivity index (χ0) is 16.4. The minimum absolute atomic E-state index is 0.0715. The van der Waals surface area contributed by atoms with Gasteiger partial charge in [0.05, 0.1) is 16.3 Å². The van der Waals surface area contributed by atoms with E-state index in [0.717, 1.165) is 4.47 Å². The molecule has 1 heterocycles. The molecular weight excluding hydrogens is 385 g/mol. The molecule has 6 heteroatoms. The van der Waals surface area contributed by atoms with Crippen molar-refractivity contribution in [1.82, 2.24) is 0 Å². The van der Waals surface area contributed by atoms with E-state index in [0.29, 0.717) is 16.3 Å². The van der Waals surface area contributed by atoms with Crippen LogP contribution in [-0.4, -0.2) is 5.91 Å². The Balaban J connectivity index is 1.83. The normalized spacial score (nSPS) is 10.6. The lowest BCUT2D eigenvalue weighted by Crippen LogP contribution is -2.11. The molecule has 0 saturated heterocycles. The van der Waals surface area contributed by atoms with E-state index in [1.807, 2.05) is 0 Å². The number of anilines is 1. The van der Waals surface area contributed by atoms with Crippen molar-refractivity contribution in [3.8, 4) is 11.3 Å². The van der Waals surface area contributed by atoms with Crippen LogP contribution < -0.4 is 5.32 Å². The van der Waals surface area contributed by atoms with Crippen LogP contribution in [0.5, 0.6) is 0 Å². The molecule has 116 valence electrons. The van der Waals surface area contributed by atoms with Gasteiger partial charge < -0.3 is 9.73 Å². The van der Waals surface area contributed by atoms with Crippen LogP contribution in [0.4, 0.5) is 10.1 Å². The Bertz CT molecular complexity index is 879. The Morgan fingerprint density at radius 3 is 2.65 bits per heavy atom. The Morgan fingerprint density at radius 2 is 1.91 bits per heavy atom. The summed E-state index contributed by atoms with van der Waals surface area (Å²) in [6.45, 7) is 0. The van der Waals surface area contributed by atoms with Crippen LogP contribution in [0.2, 0.25) is 5.02 Å². The standard InChI is InChI=1S/C17H10BrClFNO2/c18-10-5-6-14(12(19)9-10)21-17(22)16-8-7-15(23-16)11-3-1-2-4-13(11)20/h1-9H,(H,21,22). The summed E-state index contributed by atoms with van der Waals surface area (Å²) in [6.07, 6.45) is 0. The van der Waals surface area contributed by atoms with Gasteiger partial charge in [0.1, 0.15) is 11.6 Å². The van der Waals surface area contributed by atoms with Crippen molar-refractivity contribution < 1.29 is 13.6 Å². The first-order chi connectivity index (χ1) is 11.0. The second kappa shape index (κ2) is 6.56. The summed E-state index contributed by atoms with van der Waals surface area (Å²) >= 11 is 9.35. The van der Waals surface area contributed by atoms with Gasteiger partial charge in [-0.1, -0.05) is 39.7 Å². The van der Waals surface area contributed by atoms with Crippen molar-refractivity contribution in [2.45, 2.75) is 0 Å². The summed E-state index contributed by atoms with van der Waals surface area (Å²) in [5.41, 5.74) is 0.761. The van der Waals surface area contributed by atoms with E-state index in [9.17, 15) is 9.18 Å². The molecule has 0 radical (unpaired) electrons. The van der Waals surface area contributed by atoms with Gasteiger partial charge in [0.2, 0.25) is 0 Å². The van der Waals surface area contributed by atoms with Crippen LogP contribution in [0, 0.1) is 5.82 Å². The van der Waals surface area contributed by atoms with Crippen LogP contribution in [0.15, 0.2) is 63.5 Å². The molecular formula is C17H10BrClFNO2. The first-order valence-electron chi connectivity index (χ1n) is 6.66. The molecule has 2 aromatic carbocycles. The van der Waals surface area contributed by atoms with E-state index >= 15 is 0 Å². The van der Waals surface area contributed by atoms with E-state index in [1.54, 1.807) is 42.5 Å². The maximum Gasteiger partial charge on any atom is 0.291 e. The largest absolute Gasteiger partial charge is 0.451 e. The van der Waals surface area contributed by atoms with Gasteiger partial charge in [-0.25, -0.2) is 4.39 Å². The van der Waals surface area contributed by atoms with Gasteiger partial charge in [0.15, 0.2) is 5.76 Å². The molecule has 0 bridgehead atoms. The molecule has 0 atom stereocenters. The van der Waals surface area contributed by atoms with Crippen LogP contribution in [0.1, 0.15) is 10.6 Å². The number of nitrogens with one attached hydrogen (secondary N) is 1. The van der Waals surface area contributed by atoms with E-state index in [-0.39, 0.29) is 11.5 Å². The summed E-state index contributed by atoms with van der Waals surface area (Å²) in [5, 5.41) is 3.05. The second-order valence-electron chi connectivity index (χ2n) is 4.72. The number of hydrogen-bond acceptors (Lipinski definition) is 2. The fourth-order valence-corrected chi connectivity index (χ4v) is 2.76. The monoisotopic (exact) mass is 393 g/mol. The van der Waals surface area contributed by atoms with Gasteiger partial charge in [-0.3, -0.25) is 4.79 Å². The first-order valence-corrected chi connectivity index (χ1v) is 7.83. The zero-order valence-electron chi connectivity index (χ0n) is 11.6. The Hall–Kier alpha value is -2.11. The maximum absolute atomic E-state index is 13.7. The third-order valence-electron chi connectivity index (χ3n) is 3.15. The van der Waals surface area contributed by atoms with Gasteiger partial charge in [-0.05, 0) is 42.5 Å². The molecule has 3 nitrogen and oxygen atoms in total. The highest BCUT2D eigenvalue weighted by molar-refractivity contribution is 9.10. The van der Waals surface area contributed by atoms with E-state index in [4.69, 9.17) is 16.0 Å². The molecule has 0 spiro atoms. The van der Waals surface area contributed by atoms with Crippen LogP contribution in [0.25, 0.3) is 11.3 Å². The Morgan fingerprint density at radius 1 is 1.13 bits per heavy atom. The van der Waals surface area contributed by atoms with Crippen molar-refractivity contribution in [3.63, 3.8) is 0 Å². The number of benzene rings is 2. The number of carbonyl (C=O) groups is 1. The number of amides is 1. The number of halogens is 3. The Kier molecular flexibility index (Phi) is 4.50. The third kappa shape index (κ3) is 3.46. The number of hydrogen-bond donors (Lipinski definition) is 1. The molecule has 0 aliphatic carbocycles. The lowest BCUT2D eigenvalue weighted by molar-refractivity contribution is 0.0997. The van der Waals surface area contributed by atoms with Crippen molar-refractivity contribution in [2.24, 2.45) is 0 Å². The third-order valence-corrected chi connectivity index (χ3v) is 3.95. The zero-order valence-corrected chi connectivity index (χ0v) is 14.0. The van der Waals surface area contributed by atoms with Crippen molar-refractivity contribution >= 4 is 39.1 Å². The van der Waals surface area contributed by atoms with Crippen molar-refractivity contribution in [2.75, 3.05) is 5.32 Å². The summed E-state index contributed by atoms with van der Waals surface area (Å²) in [6, 6.07) is 14.3. The first kappa shape index (κ1) is 15.8. The lowest BCUT2D eigenvalue weighted by atomic mass is 10.1. The molecule has 3 rings (SSSR count). The minimum atomic E-state index is -0.461. The number of carbonyl (C=O) groups excluding carboxylic acids is 1. The van der Waals surface area contributed by atoms with Crippen molar-refractivity contribution in [3.05, 3.63) is 75.7 Å². The molecule has 0 aliphatic heterocycles. The van der Waals surface area contributed by atoms with E-state index in [1.165, 1.54) is 12.1 Å². The molecule has 3 aromatic rings. The highest BCUT2D eigenvalue weighted by Gasteiger charge is 2.15. The quantitative estimate of drug-likeness (QED) is 0.614. The topological polar surface area (TPSA) is 42.2 Å². The SMILES string of the molecule is O=C(Nc1ccc(Br)cc1Cl)c1ccc(-c2ccccc2F)o1. The van der Waals surface area contributed by atoms with Gasteiger partial charge >= 0.3 is 0 Å². The smallest absolute Gasteiger partial charge is 0.291 e. The fourth-order valence-electron chi connectivity index (χ4n) is 2.04. The predicted molar refractivity (Wildman–Crippen MR) is 91.2 cm³/mol. The number of rotatable bonds is 3. The molecule has 0 aliphatic rings. The van der Waals surface area contributed by atoms with E-state index < -0.39 is 11.7 Å². The van der Waals surface area contributed by atoms with Gasteiger partial charge in [0.25, 0.3) is 5.91 Å². The lowest BCUT2D eigenvalue weighted by Gasteiger charge is -2.06. The van der Waals surface area contributed by atoms with Crippen LogP contribution >= 0.6 is 27.5 Å². The van der Waals surface area contributed by atoms with Gasteiger partial charge in [-0.2, -0.15) is 0 Å². The molecule has 1 amide bonds. The average Bonchev–Trinajstić information content (AvgIpc) is 3.00. The van der Waals surface area contributed by atoms with Gasteiger partial charge in [-0.15, -0.1) is 0 Å². The van der Waals surface area contributed by atoms with Crippen molar-refractivity contribution in [1.29, 1.82) is 0 Å². The summed E-state index contributed by atoms with van der Waals surface area (Å²) in [7, 11) is 0. The average molecular weight is 395 g/mol. The highest BCUT2D eigenvalue weighted by Crippen LogP contribution is 2.28. The molecule has 0 saturated carbocycles. The van der Waals surface area contributed by atoms with E-state index in [2.05, 4.69) is 21.2 Å².